The van der Waals surface area contributed by atoms with Gasteiger partial charge in [-0.15, -0.1) is 11.8 Å². The van der Waals surface area contributed by atoms with Crippen LogP contribution in [0.1, 0.15) is 32.3 Å². The Balaban J connectivity index is 1.40. The quantitative estimate of drug-likeness (QED) is 0.0538. The molecular weight excluding hydrogens is 705 g/mol. The Morgan fingerprint density at radius 1 is 0.804 bits per heavy atom. The molecule has 0 aliphatic heterocycles. The van der Waals surface area contributed by atoms with E-state index in [9.17, 15) is 37.7 Å². The van der Waals surface area contributed by atoms with E-state index in [2.05, 4.69) is 16.0 Å². The van der Waals surface area contributed by atoms with Crippen LogP contribution in [0.2, 0.25) is 5.02 Å². The Morgan fingerprint density at radius 2 is 1.47 bits per heavy atom. The lowest BCUT2D eigenvalue weighted by atomic mass is 10.1. The molecule has 0 spiro atoms. The molecule has 1 atom stereocenters. The zero-order valence-corrected chi connectivity index (χ0v) is 27.8. The van der Waals surface area contributed by atoms with E-state index < -0.39 is 39.6 Å². The molecule has 258 valence electrons. The number of nitro benzene ring substituents is 1. The number of halogens is 4. The van der Waals surface area contributed by atoms with Crippen LogP contribution in [0.5, 0.6) is 0 Å². The van der Waals surface area contributed by atoms with Crippen LogP contribution in [0.25, 0.3) is 6.08 Å². The predicted octanol–water partition coefficient (Wildman–Crippen LogP) is 9.15. The highest BCUT2D eigenvalue weighted by Gasteiger charge is 2.32. The fourth-order valence-corrected chi connectivity index (χ4v) is 5.93. The third-order valence-corrected chi connectivity index (χ3v) is 8.76. The molecule has 14 heteroatoms. The maximum absolute atomic E-state index is 13.6. The topological polar surface area (TPSA) is 130 Å². The number of anilines is 2. The van der Waals surface area contributed by atoms with E-state index in [1.54, 1.807) is 84.9 Å². The summed E-state index contributed by atoms with van der Waals surface area (Å²) >= 11 is 7.23. The molecule has 3 N–H and O–H groups in total. The van der Waals surface area contributed by atoms with Crippen molar-refractivity contribution in [3.63, 3.8) is 0 Å². The number of hydrogen-bond acceptors (Lipinski definition) is 6. The van der Waals surface area contributed by atoms with E-state index in [1.807, 2.05) is 0 Å². The van der Waals surface area contributed by atoms with Crippen molar-refractivity contribution in [1.82, 2.24) is 5.32 Å². The summed E-state index contributed by atoms with van der Waals surface area (Å²) in [6, 6.07) is 31.3. The minimum absolute atomic E-state index is 0.0742. The normalized spacial score (nSPS) is 12.0. The van der Waals surface area contributed by atoms with Crippen molar-refractivity contribution in [2.45, 2.75) is 16.3 Å². The molecule has 0 fully saturated rings. The average Bonchev–Trinajstić information content (AvgIpc) is 3.11. The Kier molecular flexibility index (Phi) is 11.5. The lowest BCUT2D eigenvalue weighted by Crippen LogP contribution is -2.30. The second kappa shape index (κ2) is 16.2. The number of rotatable bonds is 11. The van der Waals surface area contributed by atoms with Gasteiger partial charge in [0.2, 0.25) is 5.91 Å². The molecule has 1 unspecified atom stereocenters. The number of nitrogens with zero attached hydrogens (tertiary/aromatic N) is 1. The molecule has 0 saturated heterocycles. The van der Waals surface area contributed by atoms with Crippen LogP contribution in [0.3, 0.4) is 0 Å². The highest BCUT2D eigenvalue weighted by Crippen LogP contribution is 2.39. The molecular formula is C37H26ClF3N4O5S. The molecule has 5 aromatic rings. The van der Waals surface area contributed by atoms with Gasteiger partial charge in [-0.1, -0.05) is 66.2 Å². The van der Waals surface area contributed by atoms with Crippen molar-refractivity contribution in [2.24, 2.45) is 0 Å². The Morgan fingerprint density at radius 3 is 2.12 bits per heavy atom. The molecule has 5 aromatic carbocycles. The molecule has 0 saturated carbocycles. The summed E-state index contributed by atoms with van der Waals surface area (Å²) in [5.41, 5.74) is 0.0454. The van der Waals surface area contributed by atoms with Gasteiger partial charge in [-0.3, -0.25) is 24.5 Å². The van der Waals surface area contributed by atoms with Gasteiger partial charge in [0, 0.05) is 28.3 Å². The largest absolute Gasteiger partial charge is 0.416 e. The van der Waals surface area contributed by atoms with E-state index in [-0.39, 0.29) is 27.7 Å². The van der Waals surface area contributed by atoms with Crippen LogP contribution >= 0.6 is 23.4 Å². The monoisotopic (exact) mass is 730 g/mol. The Bertz CT molecular complexity index is 2100. The van der Waals surface area contributed by atoms with Gasteiger partial charge in [0.1, 0.15) is 10.9 Å². The lowest BCUT2D eigenvalue weighted by molar-refractivity contribution is -0.384. The highest BCUT2D eigenvalue weighted by molar-refractivity contribution is 8.00. The Hall–Kier alpha value is -5.92. The fraction of sp³-hybridized carbons (Fsp3) is 0.0541. The number of carbonyl (C=O) groups excluding carboxylic acids is 3. The number of non-ortho nitro benzene ring substituents is 1. The standard InChI is InChI=1S/C37H26ClF3N4O5S/c38-30-19-16-26(37(39,40)41)21-31(30)43-36(48)33(24-8-3-1-4-9-24)51-29-13-7-12-27(22-29)42-35(47)32(44-34(46)25-10-5-2-6-11-25)20-23-14-17-28(18-15-23)45(49)50/h1-22,33H,(H,42,47)(H,43,48)(H,44,46)/b32-20+. The number of nitro groups is 1. The number of thioether (sulfide) groups is 1. The van der Waals surface area contributed by atoms with Gasteiger partial charge < -0.3 is 16.0 Å². The second-order valence-corrected chi connectivity index (χ2v) is 12.4. The van der Waals surface area contributed by atoms with Crippen molar-refractivity contribution >= 4 is 64.2 Å². The van der Waals surface area contributed by atoms with Crippen molar-refractivity contribution in [3.8, 4) is 0 Å². The summed E-state index contributed by atoms with van der Waals surface area (Å²) in [4.78, 5) is 51.3. The SMILES string of the molecule is O=C(Nc1cccc(SC(C(=O)Nc2cc(C(F)(F)F)ccc2Cl)c2ccccc2)c1)/C(=C\c1ccc([N+](=O)[O-])cc1)NC(=O)c1ccccc1. The van der Waals surface area contributed by atoms with Gasteiger partial charge in [-0.05, 0) is 77.9 Å². The molecule has 9 nitrogen and oxygen atoms in total. The molecule has 0 radical (unpaired) electrons. The van der Waals surface area contributed by atoms with Gasteiger partial charge in [0.25, 0.3) is 17.5 Å². The summed E-state index contributed by atoms with van der Waals surface area (Å²) in [7, 11) is 0. The predicted molar refractivity (Wildman–Crippen MR) is 190 cm³/mol. The van der Waals surface area contributed by atoms with E-state index in [0.29, 0.717) is 21.7 Å². The summed E-state index contributed by atoms with van der Waals surface area (Å²) in [5.74, 6) is -1.92. The summed E-state index contributed by atoms with van der Waals surface area (Å²) in [5, 5.41) is 17.9. The van der Waals surface area contributed by atoms with Crippen molar-refractivity contribution in [3.05, 3.63) is 170 Å². The van der Waals surface area contributed by atoms with Crippen molar-refractivity contribution < 1.29 is 32.5 Å². The first-order chi connectivity index (χ1) is 24.4. The lowest BCUT2D eigenvalue weighted by Gasteiger charge is -2.19. The zero-order valence-electron chi connectivity index (χ0n) is 26.2. The Labute approximate surface area is 298 Å². The first-order valence-corrected chi connectivity index (χ1v) is 16.3. The minimum Gasteiger partial charge on any atom is -0.323 e. The second-order valence-electron chi connectivity index (χ2n) is 10.8. The summed E-state index contributed by atoms with van der Waals surface area (Å²) in [6.45, 7) is 0. The maximum Gasteiger partial charge on any atom is 0.416 e. The first kappa shape index (κ1) is 36.4. The van der Waals surface area contributed by atoms with Gasteiger partial charge in [0.05, 0.1) is 21.2 Å². The number of carbonyl (C=O) groups is 3. The molecule has 0 aromatic heterocycles. The van der Waals surface area contributed by atoms with E-state index in [0.717, 1.165) is 30.0 Å². The van der Waals surface area contributed by atoms with E-state index in [4.69, 9.17) is 11.6 Å². The zero-order chi connectivity index (χ0) is 36.5. The molecule has 5 rings (SSSR count). The van der Waals surface area contributed by atoms with Crippen LogP contribution in [-0.2, 0) is 15.8 Å². The number of nitrogens with one attached hydrogen (secondary N) is 3. The van der Waals surface area contributed by atoms with Crippen LogP contribution in [0, 0.1) is 10.1 Å². The van der Waals surface area contributed by atoms with Crippen LogP contribution in [0.4, 0.5) is 30.2 Å². The molecule has 0 aliphatic rings. The smallest absolute Gasteiger partial charge is 0.323 e. The van der Waals surface area contributed by atoms with Crippen LogP contribution < -0.4 is 16.0 Å². The number of benzene rings is 5. The molecule has 3 amide bonds. The van der Waals surface area contributed by atoms with Crippen LogP contribution in [-0.4, -0.2) is 22.6 Å². The maximum atomic E-state index is 13.6. The van der Waals surface area contributed by atoms with E-state index >= 15 is 0 Å². The number of alkyl halides is 3. The van der Waals surface area contributed by atoms with E-state index in [1.165, 1.54) is 30.3 Å². The van der Waals surface area contributed by atoms with Gasteiger partial charge in [0.15, 0.2) is 0 Å². The van der Waals surface area contributed by atoms with Gasteiger partial charge >= 0.3 is 6.18 Å². The molecule has 51 heavy (non-hydrogen) atoms. The van der Waals surface area contributed by atoms with Crippen LogP contribution in [0.15, 0.2) is 138 Å². The third kappa shape index (κ3) is 9.84. The first-order valence-electron chi connectivity index (χ1n) is 15.0. The van der Waals surface area contributed by atoms with Crippen molar-refractivity contribution in [1.29, 1.82) is 0 Å². The van der Waals surface area contributed by atoms with Gasteiger partial charge in [-0.2, -0.15) is 13.2 Å². The molecule has 0 heterocycles. The molecule has 0 bridgehead atoms. The third-order valence-electron chi connectivity index (χ3n) is 7.18. The number of hydrogen-bond donors (Lipinski definition) is 3. The number of amides is 3. The fourth-order valence-electron chi connectivity index (χ4n) is 4.68. The summed E-state index contributed by atoms with van der Waals surface area (Å²) in [6.07, 6.45) is -3.28. The minimum atomic E-state index is -4.65. The average molecular weight is 731 g/mol. The van der Waals surface area contributed by atoms with Crippen molar-refractivity contribution in [2.75, 3.05) is 10.6 Å². The van der Waals surface area contributed by atoms with Gasteiger partial charge in [-0.25, -0.2) is 0 Å². The summed E-state index contributed by atoms with van der Waals surface area (Å²) < 4.78 is 40.1. The molecule has 0 aliphatic carbocycles. The highest BCUT2D eigenvalue weighted by atomic mass is 35.5.